The van der Waals surface area contributed by atoms with Gasteiger partial charge in [-0.25, -0.2) is 4.79 Å². The Hall–Kier alpha value is -5.14. The maximum Gasteiger partial charge on any atom is 0.335 e. The van der Waals surface area contributed by atoms with Crippen LogP contribution in [0.4, 0.5) is 0 Å². The molecule has 0 aliphatic carbocycles. The summed E-state index contributed by atoms with van der Waals surface area (Å²) in [4.78, 5) is 50.9. The Morgan fingerprint density at radius 3 is 1.30 bits per heavy atom. The predicted octanol–water partition coefficient (Wildman–Crippen LogP) is 13.4. The van der Waals surface area contributed by atoms with Crippen molar-refractivity contribution >= 4 is 23.9 Å². The monoisotopic (exact) mass is 1020 g/mol. The fourth-order valence-corrected chi connectivity index (χ4v) is 7.15. The first kappa shape index (κ1) is 65.9. The second-order valence-electron chi connectivity index (χ2n) is 17.7. The highest BCUT2D eigenvalue weighted by Crippen LogP contribution is 2.26. The van der Waals surface area contributed by atoms with E-state index < -0.39 is 67.3 Å². The minimum atomic E-state index is -1.93. The van der Waals surface area contributed by atoms with Crippen molar-refractivity contribution in [1.29, 1.82) is 0 Å². The lowest BCUT2D eigenvalue weighted by molar-refractivity contribution is -0.301. The standard InChI is InChI=1S/C61H92O12/c1-4-7-10-13-16-19-22-25-26-27-28-31-32-35-38-41-44-47-53(62)69-50-52(71-54(63)48-45-42-39-36-33-29-23-20-17-14-11-8-5-2)51-70-61-59(57(66)56(65)58(73-61)60(67)68)72-55(64)49-46-43-40-37-34-30-24-21-18-15-12-9-6-3/h7-12,16-21,25-26,28-31,33-34,39,42,52,56-59,61,65-66H,4-6,13-15,22-24,27,32,35-38,40-41,43-51H2,1-3H3,(H,67,68)/b10-7-,11-8-,12-9-,19-16-,20-17-,21-18-,26-25-,31-28-,33-29-,34-30-,42-39-. The van der Waals surface area contributed by atoms with Gasteiger partial charge in [-0.1, -0.05) is 174 Å². The van der Waals surface area contributed by atoms with Gasteiger partial charge in [-0.15, -0.1) is 0 Å². The van der Waals surface area contributed by atoms with Crippen LogP contribution in [0.3, 0.4) is 0 Å². The van der Waals surface area contributed by atoms with E-state index in [4.69, 9.17) is 23.7 Å². The van der Waals surface area contributed by atoms with Gasteiger partial charge in [0.15, 0.2) is 24.6 Å². The van der Waals surface area contributed by atoms with Crippen LogP contribution in [-0.2, 0) is 42.9 Å². The molecule has 0 bridgehead atoms. The Morgan fingerprint density at radius 1 is 0.452 bits per heavy atom. The molecule has 6 unspecified atom stereocenters. The van der Waals surface area contributed by atoms with E-state index in [-0.39, 0.29) is 25.9 Å². The van der Waals surface area contributed by atoms with Crippen molar-refractivity contribution in [3.05, 3.63) is 134 Å². The summed E-state index contributed by atoms with van der Waals surface area (Å²) < 4.78 is 28.2. The number of aliphatic carboxylic acids is 1. The molecular formula is C61H92O12. The largest absolute Gasteiger partial charge is 0.479 e. The molecule has 73 heavy (non-hydrogen) atoms. The van der Waals surface area contributed by atoms with E-state index in [9.17, 15) is 34.5 Å². The number of carbonyl (C=O) groups excluding carboxylic acids is 3. The highest BCUT2D eigenvalue weighted by Gasteiger charge is 2.50. The summed E-state index contributed by atoms with van der Waals surface area (Å²) in [6.45, 7) is 5.51. The number of carbonyl (C=O) groups is 4. The van der Waals surface area contributed by atoms with E-state index >= 15 is 0 Å². The zero-order valence-corrected chi connectivity index (χ0v) is 44.6. The van der Waals surface area contributed by atoms with Gasteiger partial charge in [-0.2, -0.15) is 0 Å². The molecule has 1 rings (SSSR count). The summed E-state index contributed by atoms with van der Waals surface area (Å²) in [5.74, 6) is -3.33. The molecule has 12 heteroatoms. The van der Waals surface area contributed by atoms with Crippen molar-refractivity contribution in [2.45, 2.75) is 212 Å². The molecule has 6 atom stereocenters. The Balaban J connectivity index is 2.80. The Kier molecular flexibility index (Phi) is 43.2. The molecule has 1 aliphatic heterocycles. The van der Waals surface area contributed by atoms with Gasteiger partial charge in [0, 0.05) is 19.3 Å². The first-order valence-corrected chi connectivity index (χ1v) is 27.2. The number of carboxylic acid groups (broad SMARTS) is 1. The van der Waals surface area contributed by atoms with Crippen LogP contribution in [0.15, 0.2) is 134 Å². The van der Waals surface area contributed by atoms with Gasteiger partial charge < -0.3 is 39.0 Å². The van der Waals surface area contributed by atoms with E-state index in [0.29, 0.717) is 25.7 Å². The summed E-state index contributed by atoms with van der Waals surface area (Å²) in [7, 11) is 0. The minimum absolute atomic E-state index is 0.00682. The van der Waals surface area contributed by atoms with Gasteiger partial charge in [0.25, 0.3) is 0 Å². The van der Waals surface area contributed by atoms with E-state index in [2.05, 4.69) is 136 Å². The molecule has 1 heterocycles. The number of unbranched alkanes of at least 4 members (excludes halogenated alkanes) is 7. The quantitative estimate of drug-likeness (QED) is 0.0228. The molecule has 1 fully saturated rings. The SMILES string of the molecule is CC/C=C\C/C=C\C/C=C\C/C=C\CCCCCCC(=O)OCC(COC1OC(C(=O)O)C(O)C(O)C1OC(=O)CCCCC/C=C\C/C=C\C/C=C\CC)OC(=O)CC/C=C\C/C=C\C/C=C\C/C=C\CC. The molecule has 0 aromatic heterocycles. The molecule has 12 nitrogen and oxygen atoms in total. The van der Waals surface area contributed by atoms with Gasteiger partial charge in [-0.05, 0) is 116 Å². The van der Waals surface area contributed by atoms with Crippen molar-refractivity contribution in [1.82, 2.24) is 0 Å². The Labute approximate surface area is 439 Å². The molecule has 408 valence electrons. The van der Waals surface area contributed by atoms with Crippen molar-refractivity contribution in [3.63, 3.8) is 0 Å². The highest BCUT2D eigenvalue weighted by molar-refractivity contribution is 5.74. The average molecular weight is 1020 g/mol. The third kappa shape index (κ3) is 38.2. The van der Waals surface area contributed by atoms with Gasteiger partial charge in [0.2, 0.25) is 0 Å². The van der Waals surface area contributed by atoms with Crippen LogP contribution in [0.2, 0.25) is 0 Å². The molecule has 3 N–H and O–H groups in total. The van der Waals surface area contributed by atoms with Crippen molar-refractivity contribution in [2.75, 3.05) is 13.2 Å². The zero-order chi connectivity index (χ0) is 53.3. The molecule has 0 radical (unpaired) electrons. The first-order valence-electron chi connectivity index (χ1n) is 27.2. The zero-order valence-electron chi connectivity index (χ0n) is 44.6. The van der Waals surface area contributed by atoms with Crippen molar-refractivity contribution < 1.29 is 58.2 Å². The molecular weight excluding hydrogens is 925 g/mol. The second kappa shape index (κ2) is 47.8. The Bertz CT molecular complexity index is 1780. The number of hydrogen-bond donors (Lipinski definition) is 3. The van der Waals surface area contributed by atoms with Crippen molar-refractivity contribution in [3.8, 4) is 0 Å². The maximum atomic E-state index is 13.1. The van der Waals surface area contributed by atoms with E-state index in [1.165, 1.54) is 0 Å². The smallest absolute Gasteiger partial charge is 0.335 e. The second-order valence-corrected chi connectivity index (χ2v) is 17.7. The Morgan fingerprint density at radius 2 is 0.849 bits per heavy atom. The average Bonchev–Trinajstić information content (AvgIpc) is 3.37. The summed E-state index contributed by atoms with van der Waals surface area (Å²) in [6.07, 6.45) is 54.5. The number of aliphatic hydroxyl groups excluding tert-OH is 2. The molecule has 0 saturated carbocycles. The third-order valence-corrected chi connectivity index (χ3v) is 11.2. The molecule has 0 aromatic carbocycles. The van der Waals surface area contributed by atoms with Gasteiger partial charge in [-0.3, -0.25) is 14.4 Å². The number of aliphatic hydroxyl groups is 2. The van der Waals surface area contributed by atoms with Crippen LogP contribution < -0.4 is 0 Å². The summed E-state index contributed by atoms with van der Waals surface area (Å²) in [6, 6.07) is 0. The van der Waals surface area contributed by atoms with Crippen LogP contribution in [-0.4, -0.2) is 89.2 Å². The fourth-order valence-electron chi connectivity index (χ4n) is 7.15. The molecule has 0 amide bonds. The number of esters is 3. The van der Waals surface area contributed by atoms with Crippen LogP contribution in [0.25, 0.3) is 0 Å². The first-order chi connectivity index (χ1) is 35.6. The van der Waals surface area contributed by atoms with Crippen LogP contribution in [0.5, 0.6) is 0 Å². The van der Waals surface area contributed by atoms with E-state index in [1.54, 1.807) is 0 Å². The minimum Gasteiger partial charge on any atom is -0.479 e. The lowest BCUT2D eigenvalue weighted by Gasteiger charge is -2.40. The summed E-state index contributed by atoms with van der Waals surface area (Å²) >= 11 is 0. The van der Waals surface area contributed by atoms with Gasteiger partial charge >= 0.3 is 23.9 Å². The summed E-state index contributed by atoms with van der Waals surface area (Å²) in [5, 5.41) is 31.4. The van der Waals surface area contributed by atoms with E-state index in [0.717, 1.165) is 109 Å². The molecule has 1 aliphatic rings. The number of ether oxygens (including phenoxy) is 5. The summed E-state index contributed by atoms with van der Waals surface area (Å²) in [5.41, 5.74) is 0. The number of rotatable bonds is 43. The van der Waals surface area contributed by atoms with Gasteiger partial charge in [0.05, 0.1) is 6.61 Å². The lowest BCUT2D eigenvalue weighted by atomic mass is 9.98. The number of carboxylic acids is 1. The topological polar surface area (TPSA) is 175 Å². The number of hydrogen-bond acceptors (Lipinski definition) is 11. The predicted molar refractivity (Wildman–Crippen MR) is 293 cm³/mol. The van der Waals surface area contributed by atoms with Crippen LogP contribution in [0.1, 0.15) is 175 Å². The van der Waals surface area contributed by atoms with E-state index in [1.807, 2.05) is 18.2 Å². The lowest BCUT2D eigenvalue weighted by Crippen LogP contribution is -2.61. The molecule has 0 spiro atoms. The number of allylic oxidation sites excluding steroid dienone is 22. The fraction of sp³-hybridized carbons (Fsp3) is 0.574. The third-order valence-electron chi connectivity index (χ3n) is 11.2. The van der Waals surface area contributed by atoms with Gasteiger partial charge in [0.1, 0.15) is 18.8 Å². The highest BCUT2D eigenvalue weighted by atomic mass is 16.7. The van der Waals surface area contributed by atoms with Crippen LogP contribution in [0, 0.1) is 0 Å². The maximum absolute atomic E-state index is 13.1. The van der Waals surface area contributed by atoms with Crippen molar-refractivity contribution in [2.24, 2.45) is 0 Å². The molecule has 1 saturated heterocycles. The molecule has 0 aromatic rings. The van der Waals surface area contributed by atoms with Crippen LogP contribution >= 0.6 is 0 Å². The normalized spacial score (nSPS) is 19.4.